The lowest BCUT2D eigenvalue weighted by molar-refractivity contribution is -0.137. The first-order valence-electron chi connectivity index (χ1n) is 5.88. The lowest BCUT2D eigenvalue weighted by atomic mass is 9.86. The van der Waals surface area contributed by atoms with Gasteiger partial charge in [-0.25, -0.2) is 0 Å². The molecule has 0 aromatic heterocycles. The minimum Gasteiger partial charge on any atom is -0.341 e. The van der Waals surface area contributed by atoms with Crippen molar-refractivity contribution >= 4 is 5.91 Å². The van der Waals surface area contributed by atoms with Crippen molar-refractivity contribution in [2.75, 3.05) is 13.1 Å². The topological polar surface area (TPSA) is 44.1 Å². The smallest absolute Gasteiger partial charge is 0.243 e. The summed E-state index contributed by atoms with van der Waals surface area (Å²) in [6.07, 6.45) is 4.69. The molecule has 2 aliphatic rings. The predicted molar refractivity (Wildman–Crippen MR) is 56.9 cm³/mol. The number of hydrogen-bond acceptors (Lipinski definition) is 2. The van der Waals surface area contributed by atoms with Gasteiger partial charge in [-0.3, -0.25) is 4.79 Å². The molecule has 0 aromatic carbocycles. The number of carbonyl (C=O) groups excluding carboxylic acids is 1. The molecule has 1 saturated heterocycles. The summed E-state index contributed by atoms with van der Waals surface area (Å²) in [4.78, 5) is 14.2. The molecule has 1 heterocycles. The van der Waals surface area contributed by atoms with E-state index in [1.54, 1.807) is 0 Å². The first kappa shape index (κ1) is 10.5. The van der Waals surface area contributed by atoms with Crippen LogP contribution in [0.25, 0.3) is 0 Å². The zero-order chi connectivity index (χ0) is 10.9. The molecule has 1 unspecified atom stereocenters. The highest BCUT2D eigenvalue weighted by Crippen LogP contribution is 2.40. The summed E-state index contributed by atoms with van der Waals surface area (Å²) in [5, 5.41) is 9.22. The van der Waals surface area contributed by atoms with E-state index in [0.29, 0.717) is 5.92 Å². The minimum absolute atomic E-state index is 0.104. The number of amides is 1. The Labute approximate surface area is 91.1 Å². The zero-order valence-corrected chi connectivity index (χ0v) is 9.33. The second kappa shape index (κ2) is 3.84. The van der Waals surface area contributed by atoms with Crippen molar-refractivity contribution in [3.8, 4) is 6.07 Å². The quantitative estimate of drug-likeness (QED) is 0.658. The van der Waals surface area contributed by atoms with E-state index in [-0.39, 0.29) is 5.91 Å². The summed E-state index contributed by atoms with van der Waals surface area (Å²) in [7, 11) is 0. The Balaban J connectivity index is 2.09. The van der Waals surface area contributed by atoms with Crippen LogP contribution in [-0.4, -0.2) is 23.9 Å². The summed E-state index contributed by atoms with van der Waals surface area (Å²) >= 11 is 0. The van der Waals surface area contributed by atoms with E-state index in [0.717, 1.165) is 45.2 Å². The van der Waals surface area contributed by atoms with Gasteiger partial charge in [-0.2, -0.15) is 5.26 Å². The highest BCUT2D eigenvalue weighted by atomic mass is 16.2. The van der Waals surface area contributed by atoms with Gasteiger partial charge in [0.2, 0.25) is 5.91 Å². The average molecular weight is 206 g/mol. The second-order valence-corrected chi connectivity index (χ2v) is 5.05. The number of carbonyl (C=O) groups is 1. The van der Waals surface area contributed by atoms with Crippen molar-refractivity contribution in [3.63, 3.8) is 0 Å². The van der Waals surface area contributed by atoms with E-state index < -0.39 is 5.41 Å². The molecule has 1 aliphatic carbocycles. The van der Waals surface area contributed by atoms with Crippen molar-refractivity contribution in [2.24, 2.45) is 11.3 Å². The Morgan fingerprint density at radius 1 is 1.47 bits per heavy atom. The van der Waals surface area contributed by atoms with Crippen LogP contribution < -0.4 is 0 Å². The van der Waals surface area contributed by atoms with Crippen molar-refractivity contribution in [1.29, 1.82) is 5.26 Å². The van der Waals surface area contributed by atoms with E-state index in [1.165, 1.54) is 0 Å². The molecule has 0 spiro atoms. The largest absolute Gasteiger partial charge is 0.341 e. The number of nitrogens with zero attached hydrogens (tertiary/aromatic N) is 2. The minimum atomic E-state index is -0.663. The molecular weight excluding hydrogens is 188 g/mol. The molecule has 1 amide bonds. The van der Waals surface area contributed by atoms with Crippen LogP contribution in [0.2, 0.25) is 0 Å². The van der Waals surface area contributed by atoms with Gasteiger partial charge in [0.25, 0.3) is 0 Å². The molecule has 3 nitrogen and oxygen atoms in total. The fourth-order valence-corrected chi connectivity index (χ4v) is 2.77. The monoisotopic (exact) mass is 206 g/mol. The summed E-state index contributed by atoms with van der Waals surface area (Å²) in [5.74, 6) is 0.706. The van der Waals surface area contributed by atoms with Crippen LogP contribution in [0.4, 0.5) is 0 Å². The molecule has 1 atom stereocenters. The van der Waals surface area contributed by atoms with Gasteiger partial charge in [0.15, 0.2) is 0 Å². The zero-order valence-electron chi connectivity index (χ0n) is 9.33. The highest BCUT2D eigenvalue weighted by Gasteiger charge is 2.44. The van der Waals surface area contributed by atoms with Crippen LogP contribution in [0.15, 0.2) is 0 Å². The van der Waals surface area contributed by atoms with E-state index in [1.807, 2.05) is 4.90 Å². The van der Waals surface area contributed by atoms with Crippen molar-refractivity contribution < 1.29 is 4.79 Å². The molecule has 3 heteroatoms. The number of hydrogen-bond donors (Lipinski definition) is 0. The molecule has 0 aromatic rings. The maximum Gasteiger partial charge on any atom is 0.243 e. The fraction of sp³-hybridized carbons (Fsp3) is 0.833. The molecule has 1 saturated carbocycles. The van der Waals surface area contributed by atoms with Crippen LogP contribution in [0.5, 0.6) is 0 Å². The van der Waals surface area contributed by atoms with Crippen LogP contribution in [0.3, 0.4) is 0 Å². The molecule has 0 radical (unpaired) electrons. The van der Waals surface area contributed by atoms with Crippen LogP contribution >= 0.6 is 0 Å². The normalized spacial score (nSPS) is 29.1. The van der Waals surface area contributed by atoms with Gasteiger partial charge in [-0.15, -0.1) is 0 Å². The summed E-state index contributed by atoms with van der Waals surface area (Å²) in [5.41, 5.74) is -0.663. The third-order valence-electron chi connectivity index (χ3n) is 3.79. The van der Waals surface area contributed by atoms with E-state index in [9.17, 15) is 10.1 Å². The average Bonchev–Trinajstić information content (AvgIpc) is 2.86. The molecule has 2 fully saturated rings. The predicted octanol–water partition coefficient (Wildman–Crippen LogP) is 1.94. The summed E-state index contributed by atoms with van der Waals surface area (Å²) in [6.45, 7) is 3.87. The number of rotatable bonds is 1. The van der Waals surface area contributed by atoms with Crippen molar-refractivity contribution in [1.82, 2.24) is 4.90 Å². The molecule has 1 aliphatic heterocycles. The lowest BCUT2D eigenvalue weighted by Crippen LogP contribution is -2.40. The molecule has 82 valence electrons. The van der Waals surface area contributed by atoms with Gasteiger partial charge in [-0.1, -0.05) is 19.8 Å². The third kappa shape index (κ3) is 1.73. The number of nitriles is 1. The van der Waals surface area contributed by atoms with Crippen LogP contribution in [0, 0.1) is 22.7 Å². The van der Waals surface area contributed by atoms with E-state index in [4.69, 9.17) is 0 Å². The number of likely N-dealkylation sites (tertiary alicyclic amines) is 1. The summed E-state index contributed by atoms with van der Waals surface area (Å²) in [6, 6.07) is 2.28. The van der Waals surface area contributed by atoms with Crippen molar-refractivity contribution in [2.45, 2.75) is 39.0 Å². The first-order valence-corrected chi connectivity index (χ1v) is 5.88. The Hall–Kier alpha value is -1.04. The Morgan fingerprint density at radius 3 is 2.60 bits per heavy atom. The maximum atomic E-state index is 12.2. The molecule has 0 N–H and O–H groups in total. The van der Waals surface area contributed by atoms with Gasteiger partial charge in [0, 0.05) is 13.1 Å². The van der Waals surface area contributed by atoms with Gasteiger partial charge in [-0.05, 0) is 25.2 Å². The van der Waals surface area contributed by atoms with E-state index >= 15 is 0 Å². The highest BCUT2D eigenvalue weighted by molar-refractivity contribution is 5.86. The fourth-order valence-electron chi connectivity index (χ4n) is 2.77. The summed E-state index contributed by atoms with van der Waals surface area (Å²) < 4.78 is 0. The standard InChI is InChI=1S/C12H18N2O/c1-10-4-7-14(8-10)11(15)12(9-13)5-2-3-6-12/h10H,2-8H2,1H3. The Kier molecular flexibility index (Phi) is 2.68. The Morgan fingerprint density at radius 2 is 2.13 bits per heavy atom. The molecule has 15 heavy (non-hydrogen) atoms. The maximum absolute atomic E-state index is 12.2. The lowest BCUT2D eigenvalue weighted by Gasteiger charge is -2.26. The molecular formula is C12H18N2O. The van der Waals surface area contributed by atoms with Gasteiger partial charge in [0.1, 0.15) is 5.41 Å². The Bertz CT molecular complexity index is 299. The molecule has 0 bridgehead atoms. The SMILES string of the molecule is CC1CCN(C(=O)C2(C#N)CCCC2)C1. The first-order chi connectivity index (χ1) is 7.18. The van der Waals surface area contributed by atoms with Gasteiger partial charge in [0.05, 0.1) is 6.07 Å². The van der Waals surface area contributed by atoms with Crippen molar-refractivity contribution in [3.05, 3.63) is 0 Å². The van der Waals surface area contributed by atoms with Gasteiger partial charge < -0.3 is 4.90 Å². The molecule has 2 rings (SSSR count). The van der Waals surface area contributed by atoms with Gasteiger partial charge >= 0.3 is 0 Å². The second-order valence-electron chi connectivity index (χ2n) is 5.05. The van der Waals surface area contributed by atoms with E-state index in [2.05, 4.69) is 13.0 Å². The van der Waals surface area contributed by atoms with Crippen LogP contribution in [0.1, 0.15) is 39.0 Å². The van der Waals surface area contributed by atoms with Crippen LogP contribution in [-0.2, 0) is 4.79 Å². The third-order valence-corrected chi connectivity index (χ3v) is 3.79.